The molecule has 202 valence electrons. The summed E-state index contributed by atoms with van der Waals surface area (Å²) in [7, 11) is 3.09. The molecule has 0 unspecified atom stereocenters. The highest BCUT2D eigenvalue weighted by atomic mass is 35.5. The highest BCUT2D eigenvalue weighted by molar-refractivity contribution is 8.02. The predicted octanol–water partition coefficient (Wildman–Crippen LogP) is 2.33. The van der Waals surface area contributed by atoms with Crippen LogP contribution >= 0.6 is 46.7 Å². The summed E-state index contributed by atoms with van der Waals surface area (Å²) in [6.45, 7) is 4.08. The normalized spacial score (nSPS) is 12.8. The third kappa shape index (κ3) is 5.58. The predicted molar refractivity (Wildman–Crippen MR) is 152 cm³/mol. The minimum Gasteiger partial charge on any atom is -0.309 e. The number of halogens is 2. The Labute approximate surface area is 233 Å². The van der Waals surface area contributed by atoms with Gasteiger partial charge in [0.25, 0.3) is 11.1 Å². The summed E-state index contributed by atoms with van der Waals surface area (Å²) < 4.78 is 6.01. The quantitative estimate of drug-likeness (QED) is 0.220. The molecule has 0 aliphatic rings. The summed E-state index contributed by atoms with van der Waals surface area (Å²) in [5.41, 5.74) is -1.03. The van der Waals surface area contributed by atoms with Crippen LogP contribution in [0.25, 0.3) is 22.3 Å². The molecule has 16 heteroatoms. The van der Waals surface area contributed by atoms with Gasteiger partial charge in [0.1, 0.15) is 0 Å². The number of hydrogen-bond donors (Lipinski definition) is 2. The molecule has 38 heavy (non-hydrogen) atoms. The molecule has 4 heterocycles. The second-order valence-corrected chi connectivity index (χ2v) is 11.6. The van der Waals surface area contributed by atoms with Gasteiger partial charge in [-0.3, -0.25) is 28.7 Å². The van der Waals surface area contributed by atoms with E-state index in [1.54, 1.807) is 49.2 Å². The van der Waals surface area contributed by atoms with Crippen LogP contribution in [0.5, 0.6) is 0 Å². The van der Waals surface area contributed by atoms with Crippen molar-refractivity contribution in [2.45, 2.75) is 37.2 Å². The Hall–Kier alpha value is -2.94. The summed E-state index contributed by atoms with van der Waals surface area (Å²) >= 11 is 14.9. The van der Waals surface area contributed by atoms with Crippen molar-refractivity contribution >= 4 is 69.1 Å². The van der Waals surface area contributed by atoms with Gasteiger partial charge < -0.3 is 9.13 Å². The second-order valence-electron chi connectivity index (χ2n) is 8.27. The van der Waals surface area contributed by atoms with Crippen molar-refractivity contribution in [2.75, 3.05) is 11.5 Å². The lowest BCUT2D eigenvalue weighted by atomic mass is 10.4. The van der Waals surface area contributed by atoms with E-state index in [9.17, 15) is 19.2 Å². The molecule has 0 fully saturated rings. The van der Waals surface area contributed by atoms with Gasteiger partial charge >= 0.3 is 11.4 Å². The van der Waals surface area contributed by atoms with Gasteiger partial charge in [0.2, 0.25) is 0 Å². The highest BCUT2D eigenvalue weighted by Crippen LogP contribution is 2.26. The van der Waals surface area contributed by atoms with Gasteiger partial charge in [-0.1, -0.05) is 58.9 Å². The highest BCUT2D eigenvalue weighted by Gasteiger charge is 2.19. The van der Waals surface area contributed by atoms with Gasteiger partial charge in [0.15, 0.2) is 32.6 Å². The van der Waals surface area contributed by atoms with Gasteiger partial charge in [-0.05, 0) is 13.8 Å². The summed E-state index contributed by atoms with van der Waals surface area (Å²) in [6.07, 6.45) is 3.51. The molecule has 0 aliphatic carbocycles. The zero-order chi connectivity index (χ0) is 27.7. The van der Waals surface area contributed by atoms with Gasteiger partial charge in [-0.25, -0.2) is 19.6 Å². The molecule has 0 amide bonds. The average molecular weight is 600 g/mol. The van der Waals surface area contributed by atoms with Crippen molar-refractivity contribution in [3.8, 4) is 0 Å². The minimum absolute atomic E-state index is 0.277. The monoisotopic (exact) mass is 598 g/mol. The molecule has 0 saturated heterocycles. The number of H-pyrrole nitrogens is 2. The molecule has 4 aromatic rings. The SMILES string of the molecule is C/C(Cl)=C\Cn1c(SCCSc2nc3c(c(=O)[nH]c(=O)n3C)n2C/C=C(\C)Cl)nc2c1c(=O)[nH]c(=O)n2C. The molecule has 4 rings (SSSR count). The molecular formula is C22H24Cl2N8O4S2. The van der Waals surface area contributed by atoms with Crippen molar-refractivity contribution in [1.29, 1.82) is 0 Å². The van der Waals surface area contributed by atoms with Crippen LogP contribution in [-0.2, 0) is 27.2 Å². The fourth-order valence-corrected chi connectivity index (χ4v) is 5.80. The lowest BCUT2D eigenvalue weighted by Gasteiger charge is -2.07. The Bertz CT molecular complexity index is 1700. The maximum atomic E-state index is 12.6. The molecule has 0 radical (unpaired) electrons. The van der Waals surface area contributed by atoms with Crippen LogP contribution in [0, 0.1) is 0 Å². The molecule has 12 nitrogen and oxygen atoms in total. The third-order valence-electron chi connectivity index (χ3n) is 5.60. The second kappa shape index (κ2) is 11.4. The van der Waals surface area contributed by atoms with E-state index in [-0.39, 0.29) is 22.3 Å². The summed E-state index contributed by atoms with van der Waals surface area (Å²) in [4.78, 5) is 63.0. The number of hydrogen-bond acceptors (Lipinski definition) is 8. The average Bonchev–Trinajstić information content (AvgIpc) is 3.40. The van der Waals surface area contributed by atoms with Crippen LogP contribution in [0.3, 0.4) is 0 Å². The summed E-state index contributed by atoms with van der Waals surface area (Å²) in [5.74, 6) is 1.12. The Morgan fingerprint density at radius 3 is 1.47 bits per heavy atom. The van der Waals surface area contributed by atoms with Crippen LogP contribution in [0.4, 0.5) is 0 Å². The van der Waals surface area contributed by atoms with Crippen LogP contribution in [0.2, 0.25) is 0 Å². The number of thioether (sulfide) groups is 2. The smallest absolute Gasteiger partial charge is 0.309 e. The number of allylic oxidation sites excluding steroid dienone is 4. The van der Waals surface area contributed by atoms with E-state index in [2.05, 4.69) is 19.9 Å². The first-order chi connectivity index (χ1) is 18.0. The van der Waals surface area contributed by atoms with E-state index in [1.165, 1.54) is 32.7 Å². The van der Waals surface area contributed by atoms with Gasteiger partial charge in [-0.15, -0.1) is 0 Å². The summed E-state index contributed by atoms with van der Waals surface area (Å²) in [5, 5.41) is 2.22. The molecule has 4 aromatic heterocycles. The van der Waals surface area contributed by atoms with Crippen molar-refractivity contribution in [2.24, 2.45) is 14.1 Å². The number of rotatable bonds is 9. The Morgan fingerprint density at radius 1 is 0.763 bits per heavy atom. The minimum atomic E-state index is -0.548. The summed E-state index contributed by atoms with van der Waals surface area (Å²) in [6, 6.07) is 0. The lowest BCUT2D eigenvalue weighted by molar-refractivity contribution is 0.741. The first-order valence-corrected chi connectivity index (χ1v) is 14.0. The van der Waals surface area contributed by atoms with Gasteiger partial charge in [0, 0.05) is 48.8 Å². The van der Waals surface area contributed by atoms with Crippen LogP contribution in [0.1, 0.15) is 13.8 Å². The lowest BCUT2D eigenvalue weighted by Crippen LogP contribution is -2.29. The van der Waals surface area contributed by atoms with Crippen LogP contribution < -0.4 is 22.5 Å². The number of aryl methyl sites for hydroxylation is 2. The van der Waals surface area contributed by atoms with Gasteiger partial charge in [-0.2, -0.15) is 0 Å². The number of imidazole rings is 2. The zero-order valence-electron chi connectivity index (χ0n) is 20.9. The maximum Gasteiger partial charge on any atom is 0.329 e. The Balaban J connectivity index is 1.63. The molecule has 0 atom stereocenters. The first-order valence-electron chi connectivity index (χ1n) is 11.3. The molecule has 0 spiro atoms. The van der Waals surface area contributed by atoms with E-state index in [4.69, 9.17) is 23.2 Å². The van der Waals surface area contributed by atoms with Gasteiger partial charge in [0.05, 0.1) is 0 Å². The van der Waals surface area contributed by atoms with Crippen molar-refractivity contribution in [3.63, 3.8) is 0 Å². The first kappa shape index (κ1) is 28.1. The number of aromatic nitrogens is 8. The van der Waals surface area contributed by atoms with Crippen LogP contribution in [0.15, 0.2) is 51.7 Å². The van der Waals surface area contributed by atoms with E-state index >= 15 is 0 Å². The number of fused-ring (bicyclic) bond motifs is 2. The fraction of sp³-hybridized carbons (Fsp3) is 0.364. The van der Waals surface area contributed by atoms with Crippen molar-refractivity contribution in [1.82, 2.24) is 38.2 Å². The maximum absolute atomic E-state index is 12.6. The third-order valence-corrected chi connectivity index (χ3v) is 8.12. The van der Waals surface area contributed by atoms with Crippen molar-refractivity contribution in [3.05, 3.63) is 63.9 Å². The van der Waals surface area contributed by atoms with Crippen LogP contribution in [-0.4, -0.2) is 49.7 Å². The molecule has 0 aliphatic heterocycles. The largest absolute Gasteiger partial charge is 0.329 e. The zero-order valence-corrected chi connectivity index (χ0v) is 24.0. The standard InChI is InChI=1S/C22H24Cl2N8O4S2/c1-11(23)5-7-31-13-15(29(3)19(35)27-17(13)33)25-21(31)37-9-10-38-22-26-16-14(32(22)8-6-12(2)24)18(34)28-20(36)30(16)4/h5-6H,7-10H2,1-4H3,(H,27,33,35)(H,28,34,36)/b11-5+,12-6+. The van der Waals surface area contributed by atoms with E-state index < -0.39 is 22.5 Å². The number of aromatic amines is 2. The molecule has 0 bridgehead atoms. The van der Waals surface area contributed by atoms with E-state index in [0.717, 1.165) is 0 Å². The number of nitrogens with zero attached hydrogens (tertiary/aromatic N) is 6. The van der Waals surface area contributed by atoms with E-state index in [1.807, 2.05) is 0 Å². The Morgan fingerprint density at radius 2 is 1.13 bits per heavy atom. The molecule has 2 N–H and O–H groups in total. The molecule has 0 aromatic carbocycles. The molecular weight excluding hydrogens is 575 g/mol. The number of nitrogens with one attached hydrogen (secondary N) is 2. The van der Waals surface area contributed by atoms with E-state index in [0.29, 0.717) is 45.0 Å². The fourth-order valence-electron chi connectivity index (χ4n) is 3.69. The van der Waals surface area contributed by atoms with Crippen molar-refractivity contribution < 1.29 is 0 Å². The Kier molecular flexibility index (Phi) is 8.45. The molecule has 0 saturated carbocycles. The topological polar surface area (TPSA) is 145 Å².